The number of aliphatic hydroxyl groups is 1. The zero-order chi connectivity index (χ0) is 22.6. The Kier molecular flexibility index (Phi) is 6.66. The molecule has 0 aliphatic carbocycles. The van der Waals surface area contributed by atoms with Crippen LogP contribution in [0.15, 0.2) is 63.3 Å². The minimum Gasteiger partial charge on any atom is -0.388 e. The molecule has 2 heterocycles. The zero-order valence-corrected chi connectivity index (χ0v) is 17.8. The Morgan fingerprint density at radius 2 is 2.13 bits per heavy atom. The maximum atomic E-state index is 14.1. The summed E-state index contributed by atoms with van der Waals surface area (Å²) in [6, 6.07) is 9.49. The summed E-state index contributed by atoms with van der Waals surface area (Å²) in [5.74, 6) is -0.469. The highest BCUT2D eigenvalue weighted by Gasteiger charge is 2.20. The van der Waals surface area contributed by atoms with E-state index >= 15 is 0 Å². The molecule has 0 saturated carbocycles. The number of aliphatic imine (C=N–C) groups is 1. The number of rotatable bonds is 8. The Hall–Kier alpha value is -3.31. The van der Waals surface area contributed by atoms with Gasteiger partial charge in [0.2, 0.25) is 0 Å². The molecule has 0 radical (unpaired) electrons. The lowest BCUT2D eigenvalue weighted by Gasteiger charge is -2.09. The third-order valence-corrected chi connectivity index (χ3v) is 5.73. The van der Waals surface area contributed by atoms with Crippen LogP contribution in [-0.2, 0) is 16.4 Å². The number of nitrogens with zero attached hydrogens (tertiary/aromatic N) is 4. The Morgan fingerprint density at radius 3 is 2.74 bits per heavy atom. The first-order chi connectivity index (χ1) is 14.7. The van der Waals surface area contributed by atoms with Gasteiger partial charge in [0.15, 0.2) is 15.7 Å². The lowest BCUT2D eigenvalue weighted by Crippen LogP contribution is -2.18. The number of sulfone groups is 1. The summed E-state index contributed by atoms with van der Waals surface area (Å²) in [5.41, 5.74) is 7.61. The molecule has 0 amide bonds. The molecular weight excluding hydrogens is 425 g/mol. The lowest BCUT2D eigenvalue weighted by molar-refractivity contribution is 0.214. The molecule has 3 aromatic rings. The van der Waals surface area contributed by atoms with Crippen molar-refractivity contribution in [3.8, 4) is 11.4 Å². The summed E-state index contributed by atoms with van der Waals surface area (Å²) in [4.78, 5) is 3.74. The van der Waals surface area contributed by atoms with Gasteiger partial charge in [-0.05, 0) is 18.6 Å². The van der Waals surface area contributed by atoms with E-state index in [1.807, 2.05) is 0 Å². The average molecular weight is 447 g/mol. The van der Waals surface area contributed by atoms with E-state index in [9.17, 15) is 17.9 Å². The first-order valence-corrected chi connectivity index (χ1v) is 11.2. The van der Waals surface area contributed by atoms with E-state index in [0.717, 1.165) is 12.5 Å². The largest absolute Gasteiger partial charge is 0.388 e. The molecule has 31 heavy (non-hydrogen) atoms. The molecule has 0 spiro atoms. The van der Waals surface area contributed by atoms with E-state index in [-0.39, 0.29) is 35.2 Å². The molecule has 0 saturated heterocycles. The van der Waals surface area contributed by atoms with Crippen LogP contribution >= 0.6 is 0 Å². The lowest BCUT2D eigenvalue weighted by atomic mass is 10.2. The van der Waals surface area contributed by atoms with E-state index < -0.39 is 15.9 Å². The predicted octanol–water partition coefficient (Wildman–Crippen LogP) is 2.09. The Bertz CT molecular complexity index is 1220. The molecule has 0 aliphatic rings. The van der Waals surface area contributed by atoms with Crippen LogP contribution in [0, 0.1) is 5.82 Å². The molecule has 0 fully saturated rings. The number of amidine groups is 1. The molecule has 0 aliphatic heterocycles. The van der Waals surface area contributed by atoms with Gasteiger partial charge in [-0.15, -0.1) is 0 Å². The van der Waals surface area contributed by atoms with Crippen molar-refractivity contribution in [2.75, 3.05) is 6.26 Å². The second kappa shape index (κ2) is 9.23. The Morgan fingerprint density at radius 1 is 1.39 bits per heavy atom. The van der Waals surface area contributed by atoms with Crippen LogP contribution < -0.4 is 5.73 Å². The number of aromatic nitrogens is 3. The van der Waals surface area contributed by atoms with Crippen molar-refractivity contribution in [3.05, 3.63) is 70.8 Å². The Balaban J connectivity index is 2.02. The highest BCUT2D eigenvalue weighted by atomic mass is 32.2. The Labute approximate surface area is 178 Å². The SMILES string of the molecule is CCC(O)/C(=C\N=C(N)c1cc(-c2ccon2)n(Cc2ccccc2F)n1)S(C)(=O)=O. The van der Waals surface area contributed by atoms with Gasteiger partial charge in [-0.1, -0.05) is 30.3 Å². The van der Waals surface area contributed by atoms with Crippen molar-refractivity contribution >= 4 is 15.7 Å². The van der Waals surface area contributed by atoms with Crippen molar-refractivity contribution in [1.82, 2.24) is 14.9 Å². The fourth-order valence-electron chi connectivity index (χ4n) is 2.83. The second-order valence-electron chi connectivity index (χ2n) is 6.79. The molecule has 0 bridgehead atoms. The molecule has 1 atom stereocenters. The number of nitrogens with two attached hydrogens (primary N) is 1. The van der Waals surface area contributed by atoms with Crippen LogP contribution in [0.4, 0.5) is 4.39 Å². The quantitative estimate of drug-likeness (QED) is 0.398. The van der Waals surface area contributed by atoms with E-state index in [2.05, 4.69) is 15.2 Å². The maximum absolute atomic E-state index is 14.1. The molecule has 1 unspecified atom stereocenters. The molecule has 11 heteroatoms. The van der Waals surface area contributed by atoms with E-state index in [0.29, 0.717) is 17.0 Å². The topological polar surface area (TPSA) is 137 Å². The minimum atomic E-state index is -3.68. The van der Waals surface area contributed by atoms with Gasteiger partial charge in [0.25, 0.3) is 0 Å². The number of aliphatic hydroxyl groups excluding tert-OH is 1. The van der Waals surface area contributed by atoms with Crippen LogP contribution in [0.2, 0.25) is 0 Å². The van der Waals surface area contributed by atoms with Crippen molar-refractivity contribution in [3.63, 3.8) is 0 Å². The van der Waals surface area contributed by atoms with Gasteiger partial charge >= 0.3 is 0 Å². The van der Waals surface area contributed by atoms with Crippen LogP contribution in [-0.4, -0.2) is 46.7 Å². The van der Waals surface area contributed by atoms with Gasteiger partial charge in [0.1, 0.15) is 23.5 Å². The van der Waals surface area contributed by atoms with Gasteiger partial charge in [-0.3, -0.25) is 4.68 Å². The average Bonchev–Trinajstić information content (AvgIpc) is 3.38. The van der Waals surface area contributed by atoms with Crippen molar-refractivity contribution in [2.45, 2.75) is 26.0 Å². The third kappa shape index (κ3) is 5.25. The van der Waals surface area contributed by atoms with E-state index in [4.69, 9.17) is 10.3 Å². The van der Waals surface area contributed by atoms with Crippen molar-refractivity contribution in [1.29, 1.82) is 0 Å². The normalized spacial score (nSPS) is 14.1. The van der Waals surface area contributed by atoms with Gasteiger partial charge in [0, 0.05) is 24.1 Å². The van der Waals surface area contributed by atoms with Crippen molar-refractivity contribution in [2.24, 2.45) is 10.7 Å². The molecule has 1 aromatic carbocycles. The highest BCUT2D eigenvalue weighted by Crippen LogP contribution is 2.21. The number of benzene rings is 1. The summed E-state index contributed by atoms with van der Waals surface area (Å²) >= 11 is 0. The minimum absolute atomic E-state index is 0.0820. The summed E-state index contributed by atoms with van der Waals surface area (Å²) in [6.45, 7) is 1.74. The molecule has 3 rings (SSSR count). The molecule has 3 N–H and O–H groups in total. The molecule has 164 valence electrons. The zero-order valence-electron chi connectivity index (χ0n) is 16.9. The first-order valence-electron chi connectivity index (χ1n) is 9.34. The molecule has 2 aromatic heterocycles. The summed E-state index contributed by atoms with van der Waals surface area (Å²) in [7, 11) is -3.68. The second-order valence-corrected chi connectivity index (χ2v) is 8.81. The summed E-state index contributed by atoms with van der Waals surface area (Å²) < 4.78 is 44.4. The molecular formula is C20H22FN5O4S. The van der Waals surface area contributed by atoms with Crippen molar-refractivity contribution < 1.29 is 22.4 Å². The van der Waals surface area contributed by atoms with Crippen LogP contribution in [0.5, 0.6) is 0 Å². The number of hydrogen-bond donors (Lipinski definition) is 2. The van der Waals surface area contributed by atoms with Gasteiger partial charge in [0.05, 0.1) is 23.2 Å². The number of hydrogen-bond acceptors (Lipinski definition) is 7. The summed E-state index contributed by atoms with van der Waals surface area (Å²) in [5, 5.41) is 18.2. The van der Waals surface area contributed by atoms with Crippen LogP contribution in [0.25, 0.3) is 11.4 Å². The smallest absolute Gasteiger partial charge is 0.175 e. The number of halogens is 1. The van der Waals surface area contributed by atoms with Gasteiger partial charge in [-0.25, -0.2) is 17.8 Å². The molecule has 9 nitrogen and oxygen atoms in total. The highest BCUT2D eigenvalue weighted by molar-refractivity contribution is 7.94. The van der Waals surface area contributed by atoms with Crippen LogP contribution in [0.3, 0.4) is 0 Å². The van der Waals surface area contributed by atoms with E-state index in [1.165, 1.54) is 17.0 Å². The van der Waals surface area contributed by atoms with Gasteiger partial charge < -0.3 is 15.4 Å². The standard InChI is InChI=1S/C20H22FN5O4S/c1-3-18(27)19(31(2,28)29)11-23-20(22)16-10-17(15-8-9-30-25-15)26(24-16)12-13-6-4-5-7-14(13)21/h4-11,18,27H,3,12H2,1-2H3,(H2,22,23)/b19-11+. The predicted molar refractivity (Wildman–Crippen MR) is 113 cm³/mol. The monoisotopic (exact) mass is 447 g/mol. The maximum Gasteiger partial charge on any atom is 0.175 e. The first kappa shape index (κ1) is 22.4. The fourth-order valence-corrected chi connectivity index (χ4v) is 3.74. The van der Waals surface area contributed by atoms with Crippen LogP contribution in [0.1, 0.15) is 24.6 Å². The fraction of sp³-hybridized carbons (Fsp3) is 0.250. The summed E-state index contributed by atoms with van der Waals surface area (Å²) in [6.07, 6.45) is 2.39. The van der Waals surface area contributed by atoms with E-state index in [1.54, 1.807) is 37.3 Å². The van der Waals surface area contributed by atoms with Gasteiger partial charge in [-0.2, -0.15) is 5.10 Å². The third-order valence-electron chi connectivity index (χ3n) is 4.49.